The summed E-state index contributed by atoms with van der Waals surface area (Å²) in [7, 11) is -4.29. The van der Waals surface area contributed by atoms with Crippen molar-refractivity contribution in [2.75, 3.05) is 6.61 Å². The number of aliphatic hydroxyl groups is 1. The van der Waals surface area contributed by atoms with Gasteiger partial charge in [0.05, 0.1) is 12.7 Å². The molecule has 0 bridgehead atoms. The number of aryl methyl sites for hydroxylation is 1. The third-order valence-electron chi connectivity index (χ3n) is 5.55. The minimum atomic E-state index is -4.29. The third-order valence-corrected chi connectivity index (χ3v) is 7.61. The van der Waals surface area contributed by atoms with E-state index in [2.05, 4.69) is 20.0 Å². The second-order valence-corrected chi connectivity index (χ2v) is 11.2. The van der Waals surface area contributed by atoms with Gasteiger partial charge in [-0.25, -0.2) is 23.9 Å². The number of hydrogen-bond donors (Lipinski definition) is 2. The Kier molecular flexibility index (Phi) is 8.36. The van der Waals surface area contributed by atoms with Gasteiger partial charge in [-0.2, -0.15) is 5.09 Å². The number of aromatic nitrogens is 4. The molecule has 1 saturated heterocycles. The maximum Gasteiger partial charge on any atom is 0.459 e. The molecular weight excluding hydrogens is 544 g/mol. The van der Waals surface area contributed by atoms with Gasteiger partial charge < -0.3 is 19.1 Å². The number of nitrogens with zero attached hydrogens (tertiary/aromatic N) is 4. The van der Waals surface area contributed by atoms with E-state index in [1.807, 2.05) is 0 Å². The molecule has 0 radical (unpaired) electrons. The van der Waals surface area contributed by atoms with Crippen LogP contribution in [0.1, 0.15) is 32.8 Å². The second-order valence-electron chi connectivity index (χ2n) is 8.91. The lowest BCUT2D eigenvalue weighted by Gasteiger charge is -2.25. The number of esters is 1. The molecule has 3 heterocycles. The largest absolute Gasteiger partial charge is 0.462 e. The average molecular weight is 572 g/mol. The van der Waals surface area contributed by atoms with Gasteiger partial charge in [0, 0.05) is 12.4 Å². The van der Waals surface area contributed by atoms with E-state index < -0.39 is 56.0 Å². The molecule has 4 rings (SSSR count). The van der Waals surface area contributed by atoms with Crippen LogP contribution in [-0.4, -0.2) is 66.7 Å². The summed E-state index contributed by atoms with van der Waals surface area (Å²) < 4.78 is 52.6. The van der Waals surface area contributed by atoms with Crippen LogP contribution in [0.2, 0.25) is 0 Å². The Labute approximate surface area is 223 Å². The van der Waals surface area contributed by atoms with Crippen LogP contribution in [0, 0.1) is 6.92 Å². The van der Waals surface area contributed by atoms with Crippen LogP contribution in [0.25, 0.3) is 11.3 Å². The molecule has 3 aromatic rings. The number of rotatable bonds is 10. The van der Waals surface area contributed by atoms with Gasteiger partial charge in [-0.3, -0.25) is 13.9 Å². The molecule has 0 saturated carbocycles. The molecular formula is C23H28ClFN5O7P. The molecule has 2 N–H and O–H groups in total. The lowest BCUT2D eigenvalue weighted by atomic mass is 10.1. The van der Waals surface area contributed by atoms with Crippen molar-refractivity contribution in [2.45, 2.75) is 63.4 Å². The molecule has 1 aromatic carbocycles. The standard InChI is InChI=1S/C23H28ClFN5O7P/c1-13(2)35-21(32)14(3)29-38(33,37-16-8-6-5-7-9-16)34-12-17-18(31)23(24,25)22(36-17)30-15(4)28-19-20(30)27-11-10-26-19/h5-11,13-14,17-18,22,31H,12H2,1-4H3,(H,29,33)/t14?,17-,18-,22-,23-,38+/m1/s1. The Hall–Kier alpha value is -2.67. The lowest BCUT2D eigenvalue weighted by Crippen LogP contribution is -2.40. The summed E-state index contributed by atoms with van der Waals surface area (Å²) >= 11 is 6.13. The summed E-state index contributed by atoms with van der Waals surface area (Å²) in [5.41, 5.74) is 0.436. The monoisotopic (exact) mass is 571 g/mol. The highest BCUT2D eigenvalue weighted by Crippen LogP contribution is 2.49. The number of imidazole rings is 1. The number of nitrogens with one attached hydrogen (secondary N) is 1. The quantitative estimate of drug-likeness (QED) is 0.209. The van der Waals surface area contributed by atoms with Crippen molar-refractivity contribution < 1.29 is 37.4 Å². The zero-order valence-electron chi connectivity index (χ0n) is 21.0. The summed E-state index contributed by atoms with van der Waals surface area (Å²) in [5, 5.41) is 10.4. The Morgan fingerprint density at radius 3 is 2.66 bits per heavy atom. The van der Waals surface area contributed by atoms with Crippen LogP contribution in [0.4, 0.5) is 4.39 Å². The first kappa shape index (κ1) is 28.3. The molecule has 38 heavy (non-hydrogen) atoms. The number of carbonyl (C=O) groups is 1. The van der Waals surface area contributed by atoms with Crippen LogP contribution >= 0.6 is 19.3 Å². The van der Waals surface area contributed by atoms with E-state index >= 15 is 4.39 Å². The normalized spacial score (nSPS) is 25.8. The molecule has 1 fully saturated rings. The number of benzene rings is 1. The first-order valence-corrected chi connectivity index (χ1v) is 13.7. The van der Waals surface area contributed by atoms with Crippen molar-refractivity contribution in [3.63, 3.8) is 0 Å². The molecule has 15 heteroatoms. The molecule has 1 aliphatic heterocycles. The maximum atomic E-state index is 15.7. The fourth-order valence-electron chi connectivity index (χ4n) is 3.81. The van der Waals surface area contributed by atoms with E-state index in [9.17, 15) is 14.5 Å². The van der Waals surface area contributed by atoms with E-state index in [1.54, 1.807) is 39.0 Å². The number of aliphatic hydroxyl groups excluding tert-OH is 1. The topological polar surface area (TPSA) is 147 Å². The van der Waals surface area contributed by atoms with Gasteiger partial charge >= 0.3 is 13.7 Å². The SMILES string of the molecule is Cc1nc2nccnc2n1[C@@H]1O[C@H](CO[P@@](=O)(NC(C)C(=O)OC(C)C)Oc2ccccc2)[C@@H](O)[C@]1(F)Cl. The Morgan fingerprint density at radius 2 is 1.97 bits per heavy atom. The Balaban J connectivity index is 1.55. The van der Waals surface area contributed by atoms with E-state index in [1.165, 1.54) is 36.0 Å². The molecule has 0 spiro atoms. The van der Waals surface area contributed by atoms with E-state index in [-0.39, 0.29) is 17.0 Å². The lowest BCUT2D eigenvalue weighted by molar-refractivity contribution is -0.149. The molecule has 1 aliphatic rings. The highest BCUT2D eigenvalue weighted by molar-refractivity contribution is 7.52. The molecule has 206 valence electrons. The van der Waals surface area contributed by atoms with E-state index in [0.717, 1.165) is 0 Å². The van der Waals surface area contributed by atoms with E-state index in [0.29, 0.717) is 5.82 Å². The van der Waals surface area contributed by atoms with Gasteiger partial charge in [-0.15, -0.1) is 0 Å². The minimum Gasteiger partial charge on any atom is -0.462 e. The number of halogens is 2. The van der Waals surface area contributed by atoms with Crippen LogP contribution in [0.5, 0.6) is 5.75 Å². The maximum absolute atomic E-state index is 15.7. The van der Waals surface area contributed by atoms with Crippen molar-refractivity contribution in [1.29, 1.82) is 0 Å². The highest BCUT2D eigenvalue weighted by Gasteiger charge is 2.58. The van der Waals surface area contributed by atoms with Crippen molar-refractivity contribution >= 4 is 36.6 Å². The summed E-state index contributed by atoms with van der Waals surface area (Å²) in [6, 6.07) is 6.99. The molecule has 6 atom stereocenters. The average Bonchev–Trinajstić information content (AvgIpc) is 3.29. The number of para-hydroxylation sites is 1. The van der Waals surface area contributed by atoms with Crippen LogP contribution in [0.3, 0.4) is 0 Å². The predicted molar refractivity (Wildman–Crippen MR) is 134 cm³/mol. The van der Waals surface area contributed by atoms with Crippen LogP contribution in [-0.2, 0) is 23.4 Å². The summed E-state index contributed by atoms with van der Waals surface area (Å²) in [5.74, 6) is -0.218. The van der Waals surface area contributed by atoms with Gasteiger partial charge in [0.2, 0.25) is 0 Å². The van der Waals surface area contributed by atoms with Gasteiger partial charge in [0.1, 0.15) is 29.8 Å². The van der Waals surface area contributed by atoms with Crippen molar-refractivity contribution in [1.82, 2.24) is 24.6 Å². The number of alkyl halides is 2. The molecule has 1 unspecified atom stereocenters. The predicted octanol–water partition coefficient (Wildman–Crippen LogP) is 3.43. The van der Waals surface area contributed by atoms with Crippen LogP contribution < -0.4 is 9.61 Å². The third kappa shape index (κ3) is 5.98. The Bertz CT molecular complexity index is 1330. The first-order valence-electron chi connectivity index (χ1n) is 11.8. The minimum absolute atomic E-state index is 0.176. The van der Waals surface area contributed by atoms with Gasteiger partial charge in [0.15, 0.2) is 17.5 Å². The molecule has 0 amide bonds. The van der Waals surface area contributed by atoms with Crippen molar-refractivity contribution in [3.8, 4) is 5.75 Å². The fraction of sp³-hybridized carbons (Fsp3) is 0.478. The zero-order chi connectivity index (χ0) is 27.7. The summed E-state index contributed by atoms with van der Waals surface area (Å²) in [6.45, 7) is 5.73. The number of ether oxygens (including phenoxy) is 2. The van der Waals surface area contributed by atoms with Crippen molar-refractivity contribution in [3.05, 3.63) is 48.5 Å². The number of hydrogen-bond acceptors (Lipinski definition) is 10. The van der Waals surface area contributed by atoms with Gasteiger partial charge in [-0.1, -0.05) is 29.8 Å². The summed E-state index contributed by atoms with van der Waals surface area (Å²) in [4.78, 5) is 24.8. The summed E-state index contributed by atoms with van der Waals surface area (Å²) in [6.07, 6.45) is -2.43. The van der Waals surface area contributed by atoms with Crippen LogP contribution in [0.15, 0.2) is 42.7 Å². The zero-order valence-corrected chi connectivity index (χ0v) is 22.7. The van der Waals surface area contributed by atoms with Crippen molar-refractivity contribution in [2.24, 2.45) is 0 Å². The van der Waals surface area contributed by atoms with Gasteiger partial charge in [0.25, 0.3) is 5.13 Å². The van der Waals surface area contributed by atoms with Gasteiger partial charge in [-0.05, 0) is 39.8 Å². The molecule has 12 nitrogen and oxygen atoms in total. The molecule has 2 aromatic heterocycles. The van der Waals surface area contributed by atoms with E-state index in [4.69, 9.17) is 30.1 Å². The first-order chi connectivity index (χ1) is 17.9. The smallest absolute Gasteiger partial charge is 0.459 e. The highest BCUT2D eigenvalue weighted by atomic mass is 35.5. The molecule has 0 aliphatic carbocycles. The number of fused-ring (bicyclic) bond motifs is 1. The Morgan fingerprint density at radius 1 is 1.29 bits per heavy atom. The fourth-order valence-corrected chi connectivity index (χ4v) is 5.60. The second kappa shape index (κ2) is 11.2. The number of carbonyl (C=O) groups excluding carboxylic acids is 1.